The molecule has 0 aliphatic carbocycles. The number of piperidine rings is 1. The van der Waals surface area contributed by atoms with Crippen LogP contribution in [0.2, 0.25) is 0 Å². The van der Waals surface area contributed by atoms with Crippen LogP contribution in [0.15, 0.2) is 54.6 Å². The minimum absolute atomic E-state index is 0.0845. The van der Waals surface area contributed by atoms with Gasteiger partial charge in [0.25, 0.3) is 0 Å². The number of nitrogens with one attached hydrogen (secondary N) is 1. The predicted octanol–water partition coefficient (Wildman–Crippen LogP) is 1.93. The number of amides is 3. The number of carbonyl (C=O) groups excluding carboxylic acids is 3. The van der Waals surface area contributed by atoms with Crippen LogP contribution < -0.4 is 16.0 Å². The van der Waals surface area contributed by atoms with Crippen LogP contribution in [0.1, 0.15) is 25.3 Å². The highest BCUT2D eigenvalue weighted by Crippen LogP contribution is 2.18. The van der Waals surface area contributed by atoms with E-state index in [2.05, 4.69) is 22.3 Å². The van der Waals surface area contributed by atoms with Crippen LogP contribution in [0.25, 0.3) is 0 Å². The van der Waals surface area contributed by atoms with E-state index in [0.29, 0.717) is 11.4 Å². The lowest BCUT2D eigenvalue weighted by molar-refractivity contribution is -0.140. The second-order valence-electron chi connectivity index (χ2n) is 7.26. The van der Waals surface area contributed by atoms with Gasteiger partial charge in [-0.15, -0.1) is 0 Å². The van der Waals surface area contributed by atoms with Gasteiger partial charge < -0.3 is 11.1 Å². The normalized spacial score (nSPS) is 14.9. The molecule has 1 aliphatic rings. The van der Waals surface area contributed by atoms with Gasteiger partial charge in [-0.05, 0) is 42.7 Å². The Morgan fingerprint density at radius 3 is 2.24 bits per heavy atom. The Hall–Kier alpha value is -3.19. The number of carbonyl (C=O) groups is 3. The lowest BCUT2D eigenvalue weighted by Crippen LogP contribution is -2.51. The molecule has 152 valence electrons. The molecular weight excluding hydrogens is 368 g/mol. The van der Waals surface area contributed by atoms with Gasteiger partial charge in [0.05, 0.1) is 5.69 Å². The molecule has 0 atom stereocenters. The Morgan fingerprint density at radius 2 is 1.66 bits per heavy atom. The molecule has 1 aliphatic heterocycles. The minimum atomic E-state index is -0.881. The van der Waals surface area contributed by atoms with Gasteiger partial charge >= 0.3 is 11.8 Å². The van der Waals surface area contributed by atoms with Crippen LogP contribution in [-0.2, 0) is 20.9 Å². The van der Waals surface area contributed by atoms with Crippen molar-refractivity contribution in [2.45, 2.75) is 32.4 Å². The van der Waals surface area contributed by atoms with Crippen molar-refractivity contribution in [3.8, 4) is 0 Å². The maximum absolute atomic E-state index is 12.6. The van der Waals surface area contributed by atoms with E-state index < -0.39 is 17.7 Å². The van der Waals surface area contributed by atoms with Crippen molar-refractivity contribution in [1.29, 1.82) is 0 Å². The smallest absolute Gasteiger partial charge is 0.323 e. The minimum Gasteiger partial charge on any atom is -0.399 e. The Balaban J connectivity index is 1.54. The fourth-order valence-corrected chi connectivity index (χ4v) is 3.49. The quantitative estimate of drug-likeness (QED) is 0.610. The van der Waals surface area contributed by atoms with Crippen LogP contribution in [-0.4, -0.2) is 41.8 Å². The summed E-state index contributed by atoms with van der Waals surface area (Å²) in [5.74, 6) is -2.17. The first-order valence-corrected chi connectivity index (χ1v) is 9.71. The Bertz CT molecular complexity index is 859. The van der Waals surface area contributed by atoms with Gasteiger partial charge in [0.2, 0.25) is 5.91 Å². The second-order valence-corrected chi connectivity index (χ2v) is 7.26. The summed E-state index contributed by atoms with van der Waals surface area (Å²) in [6.07, 6.45) is 1.52. The van der Waals surface area contributed by atoms with Gasteiger partial charge in [-0.25, -0.2) is 4.90 Å². The third-order valence-electron chi connectivity index (χ3n) is 5.04. The van der Waals surface area contributed by atoms with E-state index in [-0.39, 0.29) is 6.04 Å². The van der Waals surface area contributed by atoms with Crippen LogP contribution in [0.5, 0.6) is 0 Å². The van der Waals surface area contributed by atoms with E-state index in [9.17, 15) is 14.4 Å². The molecule has 0 saturated carbocycles. The van der Waals surface area contributed by atoms with Crippen molar-refractivity contribution in [2.24, 2.45) is 0 Å². The molecule has 0 spiro atoms. The number of nitrogen functional groups attached to an aromatic ring is 1. The molecule has 7 heteroatoms. The maximum atomic E-state index is 12.6. The van der Waals surface area contributed by atoms with E-state index in [1.54, 1.807) is 24.3 Å². The first-order valence-electron chi connectivity index (χ1n) is 9.71. The van der Waals surface area contributed by atoms with E-state index in [1.807, 2.05) is 18.2 Å². The Labute approximate surface area is 170 Å². The number of rotatable bonds is 4. The molecular formula is C22H26N4O3. The van der Waals surface area contributed by atoms with Gasteiger partial charge in [-0.1, -0.05) is 30.3 Å². The first kappa shape index (κ1) is 20.5. The van der Waals surface area contributed by atoms with Crippen molar-refractivity contribution >= 4 is 29.1 Å². The standard InChI is InChI=1S/C22H26N4O3/c1-16(27)26(20-9-7-18(23)8-10-20)22(29)21(28)24-19-11-13-25(14-12-19)15-17-5-3-2-4-6-17/h2-10,19H,11-15,23H2,1H3,(H,24,28). The zero-order chi connectivity index (χ0) is 20.8. The van der Waals surface area contributed by atoms with E-state index in [4.69, 9.17) is 5.73 Å². The van der Waals surface area contributed by atoms with Gasteiger partial charge in [0, 0.05) is 38.3 Å². The van der Waals surface area contributed by atoms with Crippen molar-refractivity contribution in [1.82, 2.24) is 10.2 Å². The van der Waals surface area contributed by atoms with Gasteiger partial charge in [0.1, 0.15) is 0 Å². The van der Waals surface area contributed by atoms with Crippen molar-refractivity contribution in [3.05, 3.63) is 60.2 Å². The number of anilines is 2. The summed E-state index contributed by atoms with van der Waals surface area (Å²) >= 11 is 0. The summed E-state index contributed by atoms with van der Waals surface area (Å²) in [4.78, 5) is 40.3. The molecule has 2 aromatic carbocycles. The number of hydrogen-bond donors (Lipinski definition) is 2. The molecule has 3 rings (SSSR count). The summed E-state index contributed by atoms with van der Waals surface area (Å²) in [6.45, 7) is 3.80. The van der Waals surface area contributed by atoms with E-state index >= 15 is 0 Å². The highest BCUT2D eigenvalue weighted by atomic mass is 16.2. The maximum Gasteiger partial charge on any atom is 0.323 e. The molecule has 7 nitrogen and oxygen atoms in total. The fraction of sp³-hybridized carbons (Fsp3) is 0.318. The number of nitrogens with two attached hydrogens (primary N) is 1. The SMILES string of the molecule is CC(=O)N(C(=O)C(=O)NC1CCN(Cc2ccccc2)CC1)c1ccc(N)cc1. The molecule has 3 N–H and O–H groups in total. The molecule has 1 saturated heterocycles. The van der Waals surface area contributed by atoms with Crippen LogP contribution in [0.4, 0.5) is 11.4 Å². The Morgan fingerprint density at radius 1 is 1.03 bits per heavy atom. The van der Waals surface area contributed by atoms with Crippen molar-refractivity contribution in [2.75, 3.05) is 23.7 Å². The van der Waals surface area contributed by atoms with Crippen LogP contribution >= 0.6 is 0 Å². The fourth-order valence-electron chi connectivity index (χ4n) is 3.49. The van der Waals surface area contributed by atoms with Gasteiger partial charge in [0.15, 0.2) is 0 Å². The van der Waals surface area contributed by atoms with E-state index in [1.165, 1.54) is 12.5 Å². The highest BCUT2D eigenvalue weighted by molar-refractivity contribution is 6.45. The van der Waals surface area contributed by atoms with E-state index in [0.717, 1.165) is 37.4 Å². The lowest BCUT2D eigenvalue weighted by Gasteiger charge is -2.32. The number of hydrogen-bond acceptors (Lipinski definition) is 5. The zero-order valence-corrected chi connectivity index (χ0v) is 16.5. The molecule has 1 heterocycles. The summed E-state index contributed by atoms with van der Waals surface area (Å²) in [5, 5.41) is 2.79. The molecule has 3 amide bonds. The van der Waals surface area contributed by atoms with Crippen LogP contribution in [0, 0.1) is 0 Å². The molecule has 0 aromatic heterocycles. The summed E-state index contributed by atoms with van der Waals surface area (Å²) in [7, 11) is 0. The first-order chi connectivity index (χ1) is 13.9. The molecule has 2 aromatic rings. The number of imide groups is 1. The van der Waals surface area contributed by atoms with Gasteiger partial charge in [-0.3, -0.25) is 19.3 Å². The summed E-state index contributed by atoms with van der Waals surface area (Å²) in [5.41, 5.74) is 7.74. The third-order valence-corrected chi connectivity index (χ3v) is 5.04. The largest absolute Gasteiger partial charge is 0.399 e. The Kier molecular flexibility index (Phi) is 6.61. The van der Waals surface area contributed by atoms with Crippen LogP contribution in [0.3, 0.4) is 0 Å². The average molecular weight is 394 g/mol. The highest BCUT2D eigenvalue weighted by Gasteiger charge is 2.29. The predicted molar refractivity (Wildman–Crippen MR) is 112 cm³/mol. The molecule has 29 heavy (non-hydrogen) atoms. The molecule has 0 radical (unpaired) electrons. The summed E-state index contributed by atoms with van der Waals surface area (Å²) in [6, 6.07) is 16.4. The zero-order valence-electron chi connectivity index (χ0n) is 16.5. The topological polar surface area (TPSA) is 95.7 Å². The monoisotopic (exact) mass is 394 g/mol. The average Bonchev–Trinajstić information content (AvgIpc) is 2.71. The number of nitrogens with zero attached hydrogens (tertiary/aromatic N) is 2. The number of benzene rings is 2. The van der Waals surface area contributed by atoms with Crippen molar-refractivity contribution < 1.29 is 14.4 Å². The van der Waals surface area contributed by atoms with Crippen molar-refractivity contribution in [3.63, 3.8) is 0 Å². The van der Waals surface area contributed by atoms with Gasteiger partial charge in [-0.2, -0.15) is 0 Å². The third kappa shape index (κ3) is 5.42. The molecule has 0 bridgehead atoms. The number of likely N-dealkylation sites (tertiary alicyclic amines) is 1. The summed E-state index contributed by atoms with van der Waals surface area (Å²) < 4.78 is 0. The molecule has 1 fully saturated rings. The second kappa shape index (κ2) is 9.34. The lowest BCUT2D eigenvalue weighted by atomic mass is 10.0. The molecule has 0 unspecified atom stereocenters.